The Morgan fingerprint density at radius 1 is 1.19 bits per heavy atom. The van der Waals surface area contributed by atoms with Crippen molar-refractivity contribution in [3.05, 3.63) is 70.4 Å². The smallest absolute Gasteiger partial charge is 0.338 e. The Kier molecular flexibility index (Phi) is 4.98. The average Bonchev–Trinajstić information content (AvgIpc) is 2.66. The Morgan fingerprint density at radius 2 is 1.89 bits per heavy atom. The molecule has 0 aliphatic carbocycles. The number of benzene rings is 2. The van der Waals surface area contributed by atoms with Crippen molar-refractivity contribution in [1.29, 1.82) is 0 Å². The molecule has 0 aliphatic rings. The number of Topliss-reactive ketones (excluding diaryl/α,β-unsaturated/α-hetero) is 1. The first-order valence-electron chi connectivity index (χ1n) is 7.94. The molecule has 0 unspecified atom stereocenters. The summed E-state index contributed by atoms with van der Waals surface area (Å²) in [6.07, 6.45) is 0. The third-order valence-electron chi connectivity index (χ3n) is 3.89. The summed E-state index contributed by atoms with van der Waals surface area (Å²) in [5, 5.41) is 12.6. The monoisotopic (exact) mass is 370 g/mol. The van der Waals surface area contributed by atoms with Crippen molar-refractivity contribution in [3.63, 3.8) is 0 Å². The molecule has 8 heteroatoms. The Morgan fingerprint density at radius 3 is 2.52 bits per heavy atom. The van der Waals surface area contributed by atoms with Crippen LogP contribution in [0, 0.1) is 11.0 Å². The molecule has 0 N–H and O–H groups in total. The van der Waals surface area contributed by atoms with E-state index in [0.29, 0.717) is 16.0 Å². The first kappa shape index (κ1) is 18.2. The SMILES string of the molecule is COc1ccc2nc(COC(=O)c3ccc(F)cc3)c(C(C)=O)[n+]([O-])c2c1. The second-order valence-corrected chi connectivity index (χ2v) is 5.70. The van der Waals surface area contributed by atoms with E-state index in [2.05, 4.69) is 4.98 Å². The molecular formula is C19H15FN2O5. The topological polar surface area (TPSA) is 92.4 Å². The van der Waals surface area contributed by atoms with Gasteiger partial charge >= 0.3 is 5.97 Å². The molecule has 27 heavy (non-hydrogen) atoms. The van der Waals surface area contributed by atoms with Crippen LogP contribution < -0.4 is 9.47 Å². The molecule has 1 aromatic heterocycles. The second-order valence-electron chi connectivity index (χ2n) is 5.70. The van der Waals surface area contributed by atoms with Gasteiger partial charge in [0.2, 0.25) is 11.3 Å². The number of methoxy groups -OCH3 is 1. The summed E-state index contributed by atoms with van der Waals surface area (Å²) >= 11 is 0. The number of esters is 1. The highest BCUT2D eigenvalue weighted by atomic mass is 19.1. The molecule has 0 aliphatic heterocycles. The number of halogens is 1. The molecular weight excluding hydrogens is 355 g/mol. The maximum atomic E-state index is 12.9. The van der Waals surface area contributed by atoms with Crippen LogP contribution in [0.15, 0.2) is 42.5 Å². The fraction of sp³-hybridized carbons (Fsp3) is 0.158. The molecule has 0 radical (unpaired) electrons. The van der Waals surface area contributed by atoms with Crippen LogP contribution in [0.4, 0.5) is 4.39 Å². The summed E-state index contributed by atoms with van der Waals surface area (Å²) in [5.74, 6) is -1.28. The van der Waals surface area contributed by atoms with Gasteiger partial charge in [-0.15, -0.1) is 0 Å². The van der Waals surface area contributed by atoms with Crippen molar-refractivity contribution in [3.8, 4) is 5.75 Å². The molecule has 0 fully saturated rings. The molecule has 3 rings (SSSR count). The number of ketones is 1. The van der Waals surface area contributed by atoms with Gasteiger partial charge in [-0.1, -0.05) is 0 Å². The second kappa shape index (κ2) is 7.36. The number of hydrogen-bond acceptors (Lipinski definition) is 6. The van der Waals surface area contributed by atoms with Gasteiger partial charge in [-0.3, -0.25) is 4.79 Å². The number of nitrogens with zero attached hydrogens (tertiary/aromatic N) is 2. The standard InChI is InChI=1S/C19H15FN2O5/c1-11(23)18-16(10-27-19(24)12-3-5-13(20)6-4-12)21-15-8-7-14(26-2)9-17(15)22(18)25/h3-9H,10H2,1-2H3. The average molecular weight is 370 g/mol. The first-order valence-corrected chi connectivity index (χ1v) is 7.94. The fourth-order valence-electron chi connectivity index (χ4n) is 2.57. The van der Waals surface area contributed by atoms with Crippen molar-refractivity contribution in [2.24, 2.45) is 0 Å². The zero-order chi connectivity index (χ0) is 19.6. The molecule has 3 aromatic rings. The van der Waals surface area contributed by atoms with E-state index in [1.54, 1.807) is 12.1 Å². The highest BCUT2D eigenvalue weighted by Gasteiger charge is 2.24. The van der Waals surface area contributed by atoms with Crippen LogP contribution in [0.1, 0.15) is 33.5 Å². The Hall–Kier alpha value is -3.55. The number of rotatable bonds is 5. The molecule has 0 saturated carbocycles. The van der Waals surface area contributed by atoms with Crippen molar-refractivity contribution in [1.82, 2.24) is 4.98 Å². The van der Waals surface area contributed by atoms with Gasteiger partial charge in [-0.2, -0.15) is 4.73 Å². The van der Waals surface area contributed by atoms with Crippen molar-refractivity contribution >= 4 is 22.8 Å². The first-order chi connectivity index (χ1) is 12.9. The zero-order valence-corrected chi connectivity index (χ0v) is 14.6. The number of hydrogen-bond donors (Lipinski definition) is 0. The van der Waals surface area contributed by atoms with E-state index in [0.717, 1.165) is 12.1 Å². The lowest BCUT2D eigenvalue weighted by Gasteiger charge is -2.11. The van der Waals surface area contributed by atoms with Gasteiger partial charge in [0.15, 0.2) is 5.69 Å². The predicted octanol–water partition coefficient (Wildman–Crippen LogP) is 2.58. The Labute approximate surface area is 153 Å². The predicted molar refractivity (Wildman–Crippen MR) is 92.8 cm³/mol. The summed E-state index contributed by atoms with van der Waals surface area (Å²) in [6.45, 7) is 0.845. The highest BCUT2D eigenvalue weighted by molar-refractivity contribution is 5.93. The summed E-state index contributed by atoms with van der Waals surface area (Å²) < 4.78 is 23.6. The quantitative estimate of drug-likeness (QED) is 0.297. The summed E-state index contributed by atoms with van der Waals surface area (Å²) in [7, 11) is 1.46. The molecule has 2 aromatic carbocycles. The molecule has 0 amide bonds. The molecule has 0 saturated heterocycles. The van der Waals surface area contributed by atoms with Crippen LogP contribution in [0.3, 0.4) is 0 Å². The van der Waals surface area contributed by atoms with Gasteiger partial charge in [0.25, 0.3) is 5.69 Å². The van der Waals surface area contributed by atoms with Gasteiger partial charge in [0.1, 0.15) is 23.7 Å². The lowest BCUT2D eigenvalue weighted by Crippen LogP contribution is -2.37. The van der Waals surface area contributed by atoms with Gasteiger partial charge in [0.05, 0.1) is 18.7 Å². The third kappa shape index (κ3) is 3.69. The van der Waals surface area contributed by atoms with E-state index >= 15 is 0 Å². The largest absolute Gasteiger partial charge is 0.618 e. The number of aromatic nitrogens is 2. The molecule has 7 nitrogen and oxygen atoms in total. The van der Waals surface area contributed by atoms with Gasteiger partial charge < -0.3 is 14.7 Å². The van der Waals surface area contributed by atoms with Gasteiger partial charge in [-0.05, 0) is 36.4 Å². The van der Waals surface area contributed by atoms with E-state index in [9.17, 15) is 19.2 Å². The zero-order valence-electron chi connectivity index (χ0n) is 14.6. The fourth-order valence-corrected chi connectivity index (χ4v) is 2.57. The maximum absolute atomic E-state index is 12.9. The normalized spacial score (nSPS) is 10.6. The third-order valence-corrected chi connectivity index (χ3v) is 3.89. The minimum atomic E-state index is -0.724. The van der Waals surface area contributed by atoms with E-state index in [1.165, 1.54) is 32.2 Å². The molecule has 0 bridgehead atoms. The molecule has 1 heterocycles. The van der Waals surface area contributed by atoms with Crippen LogP contribution >= 0.6 is 0 Å². The molecule has 0 atom stereocenters. The number of carbonyl (C=O) groups excluding carboxylic acids is 2. The van der Waals surface area contributed by atoms with Crippen LogP contribution in [-0.2, 0) is 11.3 Å². The lowest BCUT2D eigenvalue weighted by atomic mass is 10.2. The summed E-state index contributed by atoms with van der Waals surface area (Å²) in [5.41, 5.74) is 0.436. The highest BCUT2D eigenvalue weighted by Crippen LogP contribution is 2.19. The Balaban J connectivity index is 1.95. The van der Waals surface area contributed by atoms with E-state index in [1.807, 2.05) is 0 Å². The van der Waals surface area contributed by atoms with E-state index < -0.39 is 17.6 Å². The van der Waals surface area contributed by atoms with Crippen molar-refractivity contribution in [2.75, 3.05) is 7.11 Å². The van der Waals surface area contributed by atoms with Crippen molar-refractivity contribution in [2.45, 2.75) is 13.5 Å². The minimum absolute atomic E-state index is 0.0330. The maximum Gasteiger partial charge on any atom is 0.338 e. The van der Waals surface area contributed by atoms with Crippen LogP contribution in [0.25, 0.3) is 11.0 Å². The number of carbonyl (C=O) groups is 2. The lowest BCUT2D eigenvalue weighted by molar-refractivity contribution is -0.580. The minimum Gasteiger partial charge on any atom is -0.618 e. The summed E-state index contributed by atoms with van der Waals surface area (Å²) in [4.78, 5) is 28.3. The number of fused-ring (bicyclic) bond motifs is 1. The molecule has 138 valence electrons. The number of ether oxygens (including phenoxy) is 2. The van der Waals surface area contributed by atoms with Crippen LogP contribution in [0.5, 0.6) is 5.75 Å². The van der Waals surface area contributed by atoms with Crippen molar-refractivity contribution < 1.29 is 28.2 Å². The van der Waals surface area contributed by atoms with Gasteiger partial charge in [0, 0.05) is 6.92 Å². The van der Waals surface area contributed by atoms with E-state index in [-0.39, 0.29) is 29.1 Å². The van der Waals surface area contributed by atoms with Crippen LogP contribution in [0.2, 0.25) is 0 Å². The summed E-state index contributed by atoms with van der Waals surface area (Å²) in [6, 6.07) is 9.47. The van der Waals surface area contributed by atoms with E-state index in [4.69, 9.17) is 9.47 Å². The van der Waals surface area contributed by atoms with Crippen LogP contribution in [-0.4, -0.2) is 23.8 Å². The Bertz CT molecular complexity index is 1030. The molecule has 0 spiro atoms. The van der Waals surface area contributed by atoms with Gasteiger partial charge in [-0.25, -0.2) is 14.2 Å².